The highest BCUT2D eigenvalue weighted by atomic mass is 32.2. The van der Waals surface area contributed by atoms with Crippen LogP contribution in [-0.2, 0) is 9.84 Å². The molecule has 0 amide bonds. The van der Waals surface area contributed by atoms with Crippen molar-refractivity contribution in [3.63, 3.8) is 0 Å². The molecule has 2 rings (SSSR count). The Morgan fingerprint density at radius 2 is 2.12 bits per heavy atom. The maximum atomic E-state index is 12.2. The maximum absolute atomic E-state index is 12.2. The summed E-state index contributed by atoms with van der Waals surface area (Å²) in [5.74, 6) is 0. The fourth-order valence-corrected chi connectivity index (χ4v) is 3.97. The Kier molecular flexibility index (Phi) is 2.67. The average molecular weight is 240 g/mol. The van der Waals surface area contributed by atoms with Gasteiger partial charge in [0.2, 0.25) is 0 Å². The topological polar surface area (TPSA) is 72.2 Å². The van der Waals surface area contributed by atoms with E-state index < -0.39 is 15.1 Å². The molecule has 0 spiro atoms. The number of hydrogen-bond donors (Lipinski definition) is 2. The molecule has 0 fully saturated rings. The van der Waals surface area contributed by atoms with Crippen LogP contribution < -0.4 is 11.1 Å². The smallest absolute Gasteiger partial charge is 0.186 e. The van der Waals surface area contributed by atoms with Crippen LogP contribution in [0.3, 0.4) is 0 Å². The largest absolute Gasteiger partial charge is 0.380 e. The van der Waals surface area contributed by atoms with E-state index in [9.17, 15) is 8.42 Å². The molecule has 2 unspecified atom stereocenters. The van der Waals surface area contributed by atoms with E-state index >= 15 is 0 Å². The summed E-state index contributed by atoms with van der Waals surface area (Å²) < 4.78 is 24.5. The Balaban J connectivity index is 2.62. The molecule has 1 heterocycles. The van der Waals surface area contributed by atoms with E-state index in [0.717, 1.165) is 5.56 Å². The van der Waals surface area contributed by atoms with Crippen molar-refractivity contribution < 1.29 is 8.42 Å². The molecule has 88 valence electrons. The number of anilines is 1. The molecule has 0 saturated heterocycles. The van der Waals surface area contributed by atoms with Crippen molar-refractivity contribution in [2.24, 2.45) is 5.73 Å². The number of sulfone groups is 1. The van der Waals surface area contributed by atoms with Gasteiger partial charge in [-0.25, -0.2) is 8.42 Å². The van der Waals surface area contributed by atoms with Gasteiger partial charge in [0, 0.05) is 12.6 Å². The van der Waals surface area contributed by atoms with Gasteiger partial charge in [0.1, 0.15) is 0 Å². The van der Waals surface area contributed by atoms with Crippen molar-refractivity contribution in [2.75, 3.05) is 11.9 Å². The zero-order valence-corrected chi connectivity index (χ0v) is 10.2. The molecular formula is C11H16N2O2S. The van der Waals surface area contributed by atoms with E-state index in [1.165, 1.54) is 0 Å². The van der Waals surface area contributed by atoms with Gasteiger partial charge < -0.3 is 11.1 Å². The zero-order chi connectivity index (χ0) is 11.9. The normalized spacial score (nSPS) is 26.9. The molecule has 1 aromatic carbocycles. The van der Waals surface area contributed by atoms with Crippen LogP contribution in [0.2, 0.25) is 0 Å². The fourth-order valence-electron chi connectivity index (χ4n) is 2.11. The Morgan fingerprint density at radius 1 is 1.44 bits per heavy atom. The lowest BCUT2D eigenvalue weighted by molar-refractivity contribution is 0.560. The van der Waals surface area contributed by atoms with Crippen molar-refractivity contribution in [1.82, 2.24) is 0 Å². The summed E-state index contributed by atoms with van der Waals surface area (Å²) in [5.41, 5.74) is 7.27. The number of fused-ring (bicyclic) bond motifs is 1. The number of rotatable bonds is 1. The number of nitrogens with one attached hydrogen (secondary N) is 1. The van der Waals surface area contributed by atoms with Crippen LogP contribution in [0.25, 0.3) is 0 Å². The zero-order valence-electron chi connectivity index (χ0n) is 9.40. The fraction of sp³-hybridized carbons (Fsp3) is 0.455. The van der Waals surface area contributed by atoms with E-state index in [1.807, 2.05) is 26.0 Å². The molecular weight excluding hydrogens is 224 g/mol. The molecule has 0 radical (unpaired) electrons. The van der Waals surface area contributed by atoms with Crippen molar-refractivity contribution in [2.45, 2.75) is 30.0 Å². The third kappa shape index (κ3) is 1.60. The van der Waals surface area contributed by atoms with Crippen LogP contribution in [0.4, 0.5) is 5.69 Å². The average Bonchev–Trinajstić information content (AvgIpc) is 2.16. The van der Waals surface area contributed by atoms with Gasteiger partial charge >= 0.3 is 0 Å². The van der Waals surface area contributed by atoms with E-state index in [-0.39, 0.29) is 12.6 Å². The van der Waals surface area contributed by atoms with E-state index in [4.69, 9.17) is 5.73 Å². The predicted octanol–water partition coefficient (Wildman–Crippen LogP) is 0.910. The first kappa shape index (κ1) is 11.4. The lowest BCUT2D eigenvalue weighted by Crippen LogP contribution is -2.46. The van der Waals surface area contributed by atoms with E-state index in [2.05, 4.69) is 5.32 Å². The second-order valence-electron chi connectivity index (χ2n) is 4.25. The molecule has 4 nitrogen and oxygen atoms in total. The summed E-state index contributed by atoms with van der Waals surface area (Å²) in [6.07, 6.45) is 0. The Hall–Kier alpha value is -1.07. The molecule has 16 heavy (non-hydrogen) atoms. The maximum Gasteiger partial charge on any atom is 0.186 e. The summed E-state index contributed by atoms with van der Waals surface area (Å²) in [6.45, 7) is 3.93. The lowest BCUT2D eigenvalue weighted by Gasteiger charge is -2.31. The van der Waals surface area contributed by atoms with Crippen LogP contribution >= 0.6 is 0 Å². The monoisotopic (exact) mass is 240 g/mol. The van der Waals surface area contributed by atoms with Crippen molar-refractivity contribution in [3.05, 3.63) is 23.8 Å². The molecule has 0 saturated carbocycles. The van der Waals surface area contributed by atoms with Gasteiger partial charge in [0.25, 0.3) is 0 Å². The first-order chi connectivity index (χ1) is 7.46. The third-order valence-electron chi connectivity index (χ3n) is 3.01. The van der Waals surface area contributed by atoms with Gasteiger partial charge in [-0.3, -0.25) is 0 Å². The van der Waals surface area contributed by atoms with Gasteiger partial charge in [0.05, 0.1) is 15.8 Å². The molecule has 1 aliphatic heterocycles. The van der Waals surface area contributed by atoms with E-state index in [1.54, 1.807) is 6.07 Å². The minimum atomic E-state index is -3.29. The molecule has 0 aromatic heterocycles. The number of aryl methyl sites for hydroxylation is 1. The van der Waals surface area contributed by atoms with Gasteiger partial charge in [0.15, 0.2) is 9.84 Å². The highest BCUT2D eigenvalue weighted by Crippen LogP contribution is 2.32. The van der Waals surface area contributed by atoms with Crippen LogP contribution in [0, 0.1) is 6.92 Å². The predicted molar refractivity (Wildman–Crippen MR) is 64.3 cm³/mol. The summed E-state index contributed by atoms with van der Waals surface area (Å²) in [4.78, 5) is 0.367. The van der Waals surface area contributed by atoms with Gasteiger partial charge in [-0.15, -0.1) is 0 Å². The lowest BCUT2D eigenvalue weighted by atomic mass is 10.1. The van der Waals surface area contributed by atoms with Crippen LogP contribution in [-0.4, -0.2) is 26.3 Å². The summed E-state index contributed by atoms with van der Waals surface area (Å²) in [7, 11) is -3.29. The standard InChI is InChI=1S/C11H16N2O2S/c1-7-3-4-10-9(5-7)13-8(2)11(6-12)16(10,14)15/h3-5,8,11,13H,6,12H2,1-2H3. The summed E-state index contributed by atoms with van der Waals surface area (Å²) in [6, 6.07) is 5.17. The molecule has 0 bridgehead atoms. The van der Waals surface area contributed by atoms with Crippen molar-refractivity contribution in [3.8, 4) is 0 Å². The van der Waals surface area contributed by atoms with Crippen molar-refractivity contribution in [1.29, 1.82) is 0 Å². The quantitative estimate of drug-likeness (QED) is 0.765. The van der Waals surface area contributed by atoms with E-state index in [0.29, 0.717) is 10.6 Å². The summed E-state index contributed by atoms with van der Waals surface area (Å²) >= 11 is 0. The minimum absolute atomic E-state index is 0.143. The first-order valence-corrected chi connectivity index (χ1v) is 6.82. The molecule has 2 atom stereocenters. The Bertz CT molecular complexity index is 511. The number of benzene rings is 1. The second kappa shape index (κ2) is 3.75. The highest BCUT2D eigenvalue weighted by Gasteiger charge is 2.37. The minimum Gasteiger partial charge on any atom is -0.380 e. The molecule has 5 heteroatoms. The highest BCUT2D eigenvalue weighted by molar-refractivity contribution is 7.92. The number of nitrogens with two attached hydrogens (primary N) is 1. The molecule has 1 aliphatic rings. The van der Waals surface area contributed by atoms with Crippen molar-refractivity contribution >= 4 is 15.5 Å². The third-order valence-corrected chi connectivity index (χ3v) is 5.38. The van der Waals surface area contributed by atoms with Crippen LogP contribution in [0.5, 0.6) is 0 Å². The first-order valence-electron chi connectivity index (χ1n) is 5.28. The van der Waals surface area contributed by atoms with Crippen LogP contribution in [0.1, 0.15) is 12.5 Å². The molecule has 3 N–H and O–H groups in total. The Morgan fingerprint density at radius 3 is 2.75 bits per heavy atom. The molecule has 0 aliphatic carbocycles. The SMILES string of the molecule is Cc1ccc2c(c1)NC(C)C(CN)S2(=O)=O. The Labute approximate surface area is 95.8 Å². The van der Waals surface area contributed by atoms with Gasteiger partial charge in [-0.2, -0.15) is 0 Å². The number of hydrogen-bond acceptors (Lipinski definition) is 4. The van der Waals surface area contributed by atoms with Crippen LogP contribution in [0.15, 0.2) is 23.1 Å². The van der Waals surface area contributed by atoms with Gasteiger partial charge in [-0.05, 0) is 31.5 Å². The summed E-state index contributed by atoms with van der Waals surface area (Å²) in [5, 5.41) is 2.66. The molecule has 1 aromatic rings. The second-order valence-corrected chi connectivity index (χ2v) is 6.39. The van der Waals surface area contributed by atoms with Gasteiger partial charge in [-0.1, -0.05) is 6.07 Å².